The van der Waals surface area contributed by atoms with Gasteiger partial charge in [-0.3, -0.25) is 0 Å². The number of fused-ring (bicyclic) bond motifs is 6. The average Bonchev–Trinajstić information content (AvgIpc) is 3.51. The Labute approximate surface area is 267 Å². The highest BCUT2D eigenvalue weighted by Gasteiger charge is 2.18. The molecule has 0 bridgehead atoms. The highest BCUT2D eigenvalue weighted by Crippen LogP contribution is 2.43. The predicted octanol–water partition coefficient (Wildman–Crippen LogP) is 12.7. The second kappa shape index (κ2) is 10.8. The number of anilines is 3. The van der Waals surface area contributed by atoms with Gasteiger partial charge in [-0.15, -0.1) is 0 Å². The molecule has 0 amide bonds. The number of hydrogen-bond acceptors (Lipinski definition) is 2. The zero-order valence-electron chi connectivity index (χ0n) is 25.1. The number of benzene rings is 8. The normalized spacial score (nSPS) is 11.5. The Morgan fingerprint density at radius 3 is 1.72 bits per heavy atom. The van der Waals surface area contributed by atoms with Crippen molar-refractivity contribution in [1.29, 1.82) is 0 Å². The second-order valence-electron chi connectivity index (χ2n) is 11.8. The molecule has 0 radical (unpaired) electrons. The third-order valence-corrected chi connectivity index (χ3v) is 9.03. The van der Waals surface area contributed by atoms with Crippen molar-refractivity contribution < 1.29 is 4.42 Å². The maximum Gasteiger partial charge on any atom is 0.143 e. The smallest absolute Gasteiger partial charge is 0.143 e. The first kappa shape index (κ1) is 26.3. The molecule has 0 spiro atoms. The van der Waals surface area contributed by atoms with Crippen molar-refractivity contribution in [3.8, 4) is 22.3 Å². The summed E-state index contributed by atoms with van der Waals surface area (Å²) in [5, 5.41) is 6.97. The van der Waals surface area contributed by atoms with E-state index >= 15 is 0 Å². The van der Waals surface area contributed by atoms with Crippen LogP contribution in [-0.2, 0) is 0 Å². The van der Waals surface area contributed by atoms with Gasteiger partial charge in [0.15, 0.2) is 0 Å². The fraction of sp³-hybridized carbons (Fsp3) is 0. The number of rotatable bonds is 5. The van der Waals surface area contributed by atoms with Gasteiger partial charge in [0.05, 0.1) is 0 Å². The first-order valence-corrected chi connectivity index (χ1v) is 15.7. The Kier molecular flexibility index (Phi) is 6.17. The van der Waals surface area contributed by atoms with Gasteiger partial charge in [0.25, 0.3) is 0 Å². The molecule has 46 heavy (non-hydrogen) atoms. The van der Waals surface area contributed by atoms with Gasteiger partial charge >= 0.3 is 0 Å². The molecular formula is C44H29NO. The summed E-state index contributed by atoms with van der Waals surface area (Å²) in [5.41, 5.74) is 9.89. The van der Waals surface area contributed by atoms with Crippen LogP contribution in [0.15, 0.2) is 180 Å². The van der Waals surface area contributed by atoms with Crippen LogP contribution in [0.25, 0.3) is 65.7 Å². The third-order valence-electron chi connectivity index (χ3n) is 9.03. The Morgan fingerprint density at radius 2 is 0.935 bits per heavy atom. The van der Waals surface area contributed by atoms with E-state index in [4.69, 9.17) is 4.42 Å². The van der Waals surface area contributed by atoms with Gasteiger partial charge in [0, 0.05) is 33.2 Å². The lowest BCUT2D eigenvalue weighted by atomic mass is 9.95. The Morgan fingerprint density at radius 1 is 0.348 bits per heavy atom. The fourth-order valence-electron chi connectivity index (χ4n) is 6.78. The van der Waals surface area contributed by atoms with Crippen LogP contribution in [0.3, 0.4) is 0 Å². The molecular weight excluding hydrogens is 558 g/mol. The van der Waals surface area contributed by atoms with Gasteiger partial charge in [-0.25, -0.2) is 0 Å². The molecule has 2 heteroatoms. The zero-order valence-corrected chi connectivity index (χ0v) is 25.1. The highest BCUT2D eigenvalue weighted by atomic mass is 16.3. The molecule has 0 saturated carbocycles. The molecule has 8 aromatic carbocycles. The van der Waals surface area contributed by atoms with Crippen molar-refractivity contribution in [2.24, 2.45) is 0 Å². The van der Waals surface area contributed by atoms with E-state index in [2.05, 4.69) is 181 Å². The van der Waals surface area contributed by atoms with Gasteiger partial charge in [0.2, 0.25) is 0 Å². The summed E-state index contributed by atoms with van der Waals surface area (Å²) in [4.78, 5) is 2.35. The molecule has 0 saturated heterocycles. The van der Waals surface area contributed by atoms with Crippen LogP contribution in [0, 0.1) is 0 Å². The van der Waals surface area contributed by atoms with E-state index in [0.29, 0.717) is 0 Å². The third kappa shape index (κ3) is 4.43. The van der Waals surface area contributed by atoms with Gasteiger partial charge in [0.1, 0.15) is 11.2 Å². The first-order valence-electron chi connectivity index (χ1n) is 15.7. The standard InChI is InChI=1S/C44H29NO/c1-3-11-30(12-4-1)32-19-22-35(23-20-32)45(36-24-21-31-13-7-8-16-34(31)27-36)37-25-26-43-41(28-37)42-29-40(33-14-5-2-6-15-33)38-17-9-10-18-39(38)44(42)46-43/h1-29H. The van der Waals surface area contributed by atoms with E-state index in [1.807, 2.05) is 0 Å². The minimum Gasteiger partial charge on any atom is -0.455 e. The molecule has 1 heterocycles. The summed E-state index contributed by atoms with van der Waals surface area (Å²) in [7, 11) is 0. The Bertz CT molecular complexity index is 2510. The quantitative estimate of drug-likeness (QED) is 0.199. The molecule has 0 N–H and O–H groups in total. The van der Waals surface area contributed by atoms with Gasteiger partial charge in [-0.1, -0.05) is 127 Å². The molecule has 2 nitrogen and oxygen atoms in total. The number of nitrogens with zero attached hydrogens (tertiary/aromatic N) is 1. The van der Waals surface area contributed by atoms with Gasteiger partial charge in [-0.05, 0) is 86.9 Å². The van der Waals surface area contributed by atoms with E-state index in [1.165, 1.54) is 38.4 Å². The Hall–Kier alpha value is -6.12. The van der Waals surface area contributed by atoms with Crippen molar-refractivity contribution >= 4 is 60.5 Å². The van der Waals surface area contributed by atoms with E-state index in [-0.39, 0.29) is 0 Å². The van der Waals surface area contributed by atoms with Crippen molar-refractivity contribution in [3.05, 3.63) is 176 Å². The summed E-state index contributed by atoms with van der Waals surface area (Å²) in [6, 6.07) is 62.7. The summed E-state index contributed by atoms with van der Waals surface area (Å²) in [5.74, 6) is 0. The van der Waals surface area contributed by atoms with Crippen LogP contribution in [0.5, 0.6) is 0 Å². The van der Waals surface area contributed by atoms with Gasteiger partial charge in [-0.2, -0.15) is 0 Å². The molecule has 0 atom stereocenters. The lowest BCUT2D eigenvalue weighted by Crippen LogP contribution is -2.09. The maximum atomic E-state index is 6.61. The van der Waals surface area contributed by atoms with E-state index in [0.717, 1.165) is 44.4 Å². The van der Waals surface area contributed by atoms with E-state index in [1.54, 1.807) is 0 Å². The molecule has 9 aromatic rings. The van der Waals surface area contributed by atoms with Crippen LogP contribution in [-0.4, -0.2) is 0 Å². The summed E-state index contributed by atoms with van der Waals surface area (Å²) >= 11 is 0. The van der Waals surface area contributed by atoms with Crippen LogP contribution in [0.1, 0.15) is 0 Å². The van der Waals surface area contributed by atoms with Gasteiger partial charge < -0.3 is 9.32 Å². The number of furan rings is 1. The van der Waals surface area contributed by atoms with Crippen LogP contribution in [0.4, 0.5) is 17.1 Å². The van der Waals surface area contributed by atoms with Crippen molar-refractivity contribution in [1.82, 2.24) is 0 Å². The molecule has 0 fully saturated rings. The van der Waals surface area contributed by atoms with Crippen LogP contribution < -0.4 is 4.90 Å². The summed E-state index contributed by atoms with van der Waals surface area (Å²) < 4.78 is 6.61. The molecule has 216 valence electrons. The lowest BCUT2D eigenvalue weighted by Gasteiger charge is -2.26. The summed E-state index contributed by atoms with van der Waals surface area (Å²) in [6.45, 7) is 0. The molecule has 0 aliphatic rings. The van der Waals surface area contributed by atoms with Crippen molar-refractivity contribution in [3.63, 3.8) is 0 Å². The Balaban J connectivity index is 1.26. The first-order chi connectivity index (χ1) is 22.8. The molecule has 0 aliphatic heterocycles. The maximum absolute atomic E-state index is 6.61. The highest BCUT2D eigenvalue weighted by molar-refractivity contribution is 6.19. The lowest BCUT2D eigenvalue weighted by molar-refractivity contribution is 0.672. The van der Waals surface area contributed by atoms with E-state index in [9.17, 15) is 0 Å². The topological polar surface area (TPSA) is 16.4 Å². The monoisotopic (exact) mass is 587 g/mol. The minimum absolute atomic E-state index is 0.881. The largest absolute Gasteiger partial charge is 0.455 e. The SMILES string of the molecule is c1ccc(-c2ccc(N(c3ccc4ccccc4c3)c3ccc4oc5c6ccccc6c(-c6ccccc6)cc5c4c3)cc2)cc1. The van der Waals surface area contributed by atoms with Crippen molar-refractivity contribution in [2.45, 2.75) is 0 Å². The molecule has 9 rings (SSSR count). The predicted molar refractivity (Wildman–Crippen MR) is 194 cm³/mol. The minimum atomic E-state index is 0.881. The van der Waals surface area contributed by atoms with E-state index < -0.39 is 0 Å². The molecule has 1 aromatic heterocycles. The average molecular weight is 588 g/mol. The van der Waals surface area contributed by atoms with Crippen LogP contribution >= 0.6 is 0 Å². The second-order valence-corrected chi connectivity index (χ2v) is 11.8. The summed E-state index contributed by atoms with van der Waals surface area (Å²) in [6.07, 6.45) is 0. The number of hydrogen-bond donors (Lipinski definition) is 0. The molecule has 0 aliphatic carbocycles. The fourth-order valence-corrected chi connectivity index (χ4v) is 6.78. The zero-order chi connectivity index (χ0) is 30.5. The molecule has 0 unspecified atom stereocenters. The van der Waals surface area contributed by atoms with Crippen molar-refractivity contribution in [2.75, 3.05) is 4.90 Å². The van der Waals surface area contributed by atoms with Crippen LogP contribution in [0.2, 0.25) is 0 Å².